The van der Waals surface area contributed by atoms with Gasteiger partial charge in [0.15, 0.2) is 9.84 Å². The second-order valence-electron chi connectivity index (χ2n) is 7.43. The molecule has 0 saturated carbocycles. The molecule has 0 aliphatic heterocycles. The Bertz CT molecular complexity index is 1090. The van der Waals surface area contributed by atoms with Crippen LogP contribution in [-0.2, 0) is 9.84 Å². The molecule has 0 spiro atoms. The number of rotatable bonds is 7. The van der Waals surface area contributed by atoms with Crippen LogP contribution in [0.25, 0.3) is 0 Å². The molecular formula is C24H26N2O3S. The van der Waals surface area contributed by atoms with Crippen LogP contribution in [0.5, 0.6) is 0 Å². The number of hydrogen-bond donors (Lipinski definition) is 2. The molecule has 0 radical (unpaired) electrons. The fourth-order valence-electron chi connectivity index (χ4n) is 3.00. The van der Waals surface area contributed by atoms with Gasteiger partial charge in [0.1, 0.15) is 0 Å². The Hall–Kier alpha value is -3.12. The van der Waals surface area contributed by atoms with E-state index < -0.39 is 15.1 Å². The molecule has 0 aromatic heterocycles. The number of carbonyl (C=O) groups is 1. The highest BCUT2D eigenvalue weighted by Gasteiger charge is 2.19. The standard InChI is InChI=1S/C24H26N2O3S/c1-17(2)30(28,29)23-15-9-20(10-16-23)24(27)26-22-13-11-21(12-14-22)25-18(3)19-7-5-4-6-8-19/h4-18,25H,1-3H3,(H,26,27). The van der Waals surface area contributed by atoms with E-state index in [-0.39, 0.29) is 16.8 Å². The fourth-order valence-corrected chi connectivity index (χ4v) is 4.06. The molecule has 0 aliphatic carbocycles. The molecule has 1 atom stereocenters. The van der Waals surface area contributed by atoms with Gasteiger partial charge in [0.25, 0.3) is 5.91 Å². The molecule has 1 unspecified atom stereocenters. The Labute approximate surface area is 178 Å². The van der Waals surface area contributed by atoms with Crippen molar-refractivity contribution in [3.05, 3.63) is 90.0 Å². The molecule has 0 saturated heterocycles. The van der Waals surface area contributed by atoms with E-state index in [1.807, 2.05) is 42.5 Å². The van der Waals surface area contributed by atoms with Gasteiger partial charge in [0.2, 0.25) is 0 Å². The van der Waals surface area contributed by atoms with E-state index in [1.54, 1.807) is 13.8 Å². The van der Waals surface area contributed by atoms with E-state index in [2.05, 4.69) is 29.7 Å². The number of nitrogens with one attached hydrogen (secondary N) is 2. The van der Waals surface area contributed by atoms with Crippen molar-refractivity contribution in [2.75, 3.05) is 10.6 Å². The van der Waals surface area contributed by atoms with Crippen LogP contribution in [0.1, 0.15) is 42.7 Å². The summed E-state index contributed by atoms with van der Waals surface area (Å²) in [6, 6.07) is 23.8. The first-order valence-electron chi connectivity index (χ1n) is 9.84. The average molecular weight is 423 g/mol. The summed E-state index contributed by atoms with van der Waals surface area (Å²) in [5, 5.41) is 5.76. The average Bonchev–Trinajstić information content (AvgIpc) is 2.75. The van der Waals surface area contributed by atoms with Crippen LogP contribution in [0, 0.1) is 0 Å². The lowest BCUT2D eigenvalue weighted by Gasteiger charge is -2.16. The zero-order valence-electron chi connectivity index (χ0n) is 17.3. The largest absolute Gasteiger partial charge is 0.379 e. The van der Waals surface area contributed by atoms with Crippen molar-refractivity contribution in [1.29, 1.82) is 0 Å². The third-order valence-electron chi connectivity index (χ3n) is 4.89. The van der Waals surface area contributed by atoms with Crippen molar-refractivity contribution in [3.63, 3.8) is 0 Å². The third kappa shape index (κ3) is 5.07. The fraction of sp³-hybridized carbons (Fsp3) is 0.208. The first kappa shape index (κ1) is 21.6. The number of sulfone groups is 1. The van der Waals surface area contributed by atoms with Gasteiger partial charge in [-0.1, -0.05) is 30.3 Å². The molecule has 0 bridgehead atoms. The Morgan fingerprint density at radius 1 is 0.767 bits per heavy atom. The minimum absolute atomic E-state index is 0.160. The summed E-state index contributed by atoms with van der Waals surface area (Å²) in [4.78, 5) is 12.7. The third-order valence-corrected chi connectivity index (χ3v) is 7.06. The maximum absolute atomic E-state index is 12.5. The Kier molecular flexibility index (Phi) is 6.57. The maximum atomic E-state index is 12.5. The zero-order chi connectivity index (χ0) is 21.7. The van der Waals surface area contributed by atoms with Crippen LogP contribution in [0.3, 0.4) is 0 Å². The van der Waals surface area contributed by atoms with Gasteiger partial charge < -0.3 is 10.6 Å². The van der Waals surface area contributed by atoms with Gasteiger partial charge in [-0.15, -0.1) is 0 Å². The van der Waals surface area contributed by atoms with E-state index in [0.29, 0.717) is 11.3 Å². The van der Waals surface area contributed by atoms with Crippen LogP contribution in [0.2, 0.25) is 0 Å². The second kappa shape index (κ2) is 9.13. The van der Waals surface area contributed by atoms with Crippen molar-refractivity contribution in [2.24, 2.45) is 0 Å². The van der Waals surface area contributed by atoms with E-state index in [1.165, 1.54) is 29.8 Å². The maximum Gasteiger partial charge on any atom is 0.255 e. The second-order valence-corrected chi connectivity index (χ2v) is 9.93. The molecule has 0 fully saturated rings. The molecule has 0 heterocycles. The topological polar surface area (TPSA) is 75.3 Å². The summed E-state index contributed by atoms with van der Waals surface area (Å²) < 4.78 is 24.4. The minimum atomic E-state index is -3.35. The molecule has 3 rings (SSSR count). The molecule has 1 amide bonds. The molecule has 0 aliphatic rings. The lowest BCUT2D eigenvalue weighted by atomic mass is 10.1. The van der Waals surface area contributed by atoms with E-state index in [9.17, 15) is 13.2 Å². The molecule has 30 heavy (non-hydrogen) atoms. The quantitative estimate of drug-likeness (QED) is 0.542. The SMILES string of the molecule is CC(Nc1ccc(NC(=O)c2ccc(S(=O)(=O)C(C)C)cc2)cc1)c1ccccc1. The van der Waals surface area contributed by atoms with Gasteiger partial charge in [-0.2, -0.15) is 0 Å². The highest BCUT2D eigenvalue weighted by Crippen LogP contribution is 2.21. The van der Waals surface area contributed by atoms with Crippen molar-refractivity contribution >= 4 is 27.1 Å². The number of benzene rings is 3. The van der Waals surface area contributed by atoms with Crippen molar-refractivity contribution < 1.29 is 13.2 Å². The van der Waals surface area contributed by atoms with Crippen LogP contribution in [-0.4, -0.2) is 19.6 Å². The van der Waals surface area contributed by atoms with Gasteiger partial charge >= 0.3 is 0 Å². The normalized spacial score (nSPS) is 12.4. The van der Waals surface area contributed by atoms with Crippen molar-refractivity contribution in [2.45, 2.75) is 37.0 Å². The predicted octanol–water partition coefficient (Wildman–Crippen LogP) is 5.29. The summed E-state index contributed by atoms with van der Waals surface area (Å²) in [6.07, 6.45) is 0. The van der Waals surface area contributed by atoms with Crippen LogP contribution in [0.4, 0.5) is 11.4 Å². The lowest BCUT2D eigenvalue weighted by molar-refractivity contribution is 0.102. The first-order valence-corrected chi connectivity index (χ1v) is 11.4. The van der Waals surface area contributed by atoms with Crippen LogP contribution in [0.15, 0.2) is 83.8 Å². The molecule has 2 N–H and O–H groups in total. The Morgan fingerprint density at radius 2 is 1.33 bits per heavy atom. The number of carbonyl (C=O) groups excluding carboxylic acids is 1. The summed E-state index contributed by atoms with van der Waals surface area (Å²) in [5.74, 6) is -0.290. The zero-order valence-corrected chi connectivity index (χ0v) is 18.1. The number of anilines is 2. The summed E-state index contributed by atoms with van der Waals surface area (Å²) in [5.41, 5.74) is 3.21. The highest BCUT2D eigenvalue weighted by atomic mass is 32.2. The van der Waals surface area contributed by atoms with Gasteiger partial charge in [-0.25, -0.2) is 8.42 Å². The molecule has 6 heteroatoms. The summed E-state index contributed by atoms with van der Waals surface area (Å²) >= 11 is 0. The minimum Gasteiger partial charge on any atom is -0.379 e. The van der Waals surface area contributed by atoms with Crippen LogP contribution >= 0.6 is 0 Å². The number of amides is 1. The van der Waals surface area contributed by atoms with Crippen molar-refractivity contribution in [3.8, 4) is 0 Å². The molecule has 3 aromatic carbocycles. The molecule has 3 aromatic rings. The summed E-state index contributed by atoms with van der Waals surface area (Å²) in [6.45, 7) is 5.36. The predicted molar refractivity (Wildman–Crippen MR) is 122 cm³/mol. The molecule has 5 nitrogen and oxygen atoms in total. The highest BCUT2D eigenvalue weighted by molar-refractivity contribution is 7.92. The van der Waals surface area contributed by atoms with Gasteiger partial charge in [0, 0.05) is 23.0 Å². The van der Waals surface area contributed by atoms with E-state index in [4.69, 9.17) is 0 Å². The monoisotopic (exact) mass is 422 g/mol. The van der Waals surface area contributed by atoms with Gasteiger partial charge in [-0.3, -0.25) is 4.79 Å². The molecule has 156 valence electrons. The van der Waals surface area contributed by atoms with Crippen molar-refractivity contribution in [1.82, 2.24) is 0 Å². The van der Waals surface area contributed by atoms with Gasteiger partial charge in [0.05, 0.1) is 10.1 Å². The molecular weight excluding hydrogens is 396 g/mol. The first-order chi connectivity index (χ1) is 14.3. The smallest absolute Gasteiger partial charge is 0.255 e. The summed E-state index contributed by atoms with van der Waals surface area (Å²) in [7, 11) is -3.35. The van der Waals surface area contributed by atoms with E-state index >= 15 is 0 Å². The van der Waals surface area contributed by atoms with Gasteiger partial charge in [-0.05, 0) is 74.9 Å². The Morgan fingerprint density at radius 3 is 1.90 bits per heavy atom. The number of hydrogen-bond acceptors (Lipinski definition) is 4. The van der Waals surface area contributed by atoms with E-state index in [0.717, 1.165) is 5.69 Å². The lowest BCUT2D eigenvalue weighted by Crippen LogP contribution is -2.15. The van der Waals surface area contributed by atoms with Crippen LogP contribution < -0.4 is 10.6 Å². The Balaban J connectivity index is 1.63.